The number of benzene rings is 1. The highest BCUT2D eigenvalue weighted by molar-refractivity contribution is 5.92. The Kier molecular flexibility index (Phi) is 4.70. The third kappa shape index (κ3) is 4.00. The second kappa shape index (κ2) is 6.51. The molecule has 2 aromatic rings. The molecule has 0 fully saturated rings. The van der Waals surface area contributed by atoms with Crippen LogP contribution < -0.4 is 11.1 Å². The van der Waals surface area contributed by atoms with Crippen LogP contribution >= 0.6 is 0 Å². The summed E-state index contributed by atoms with van der Waals surface area (Å²) in [6, 6.07) is 8.75. The molecular weight excluding hydrogens is 286 g/mol. The number of anilines is 1. The molecule has 1 aromatic heterocycles. The molecule has 0 saturated heterocycles. The summed E-state index contributed by atoms with van der Waals surface area (Å²) in [5, 5.41) is 2.57. The lowest BCUT2D eigenvalue weighted by molar-refractivity contribution is 0.523. The number of guanidine groups is 1. The molecule has 0 saturated carbocycles. The monoisotopic (exact) mass is 304 g/mol. The van der Waals surface area contributed by atoms with Gasteiger partial charge in [0.2, 0.25) is 0 Å². The van der Waals surface area contributed by atoms with Crippen molar-refractivity contribution in [1.29, 1.82) is 0 Å². The molecule has 3 N–H and O–H groups in total. The molecule has 1 aromatic carbocycles. The first-order chi connectivity index (χ1) is 10.4. The second-order valence-electron chi connectivity index (χ2n) is 5.55. The van der Waals surface area contributed by atoms with E-state index in [-0.39, 0.29) is 17.1 Å². The number of nitrogens with zero attached hydrogens (tertiary/aromatic N) is 2. The number of rotatable bonds is 4. The van der Waals surface area contributed by atoms with Crippen LogP contribution in [0.2, 0.25) is 0 Å². The highest BCUT2D eigenvalue weighted by Crippen LogP contribution is 2.21. The van der Waals surface area contributed by atoms with Crippen LogP contribution in [0.25, 0.3) is 0 Å². The molecule has 1 heterocycles. The van der Waals surface area contributed by atoms with Crippen molar-refractivity contribution in [2.24, 2.45) is 10.7 Å². The van der Waals surface area contributed by atoms with Crippen LogP contribution in [0.4, 0.5) is 14.5 Å². The first kappa shape index (κ1) is 15.9. The summed E-state index contributed by atoms with van der Waals surface area (Å²) >= 11 is 0. The maximum atomic E-state index is 13.5. The molecule has 0 atom stereocenters. The van der Waals surface area contributed by atoms with Gasteiger partial charge in [0.05, 0.1) is 12.2 Å². The number of halogens is 2. The van der Waals surface area contributed by atoms with Crippen molar-refractivity contribution in [3.8, 4) is 0 Å². The van der Waals surface area contributed by atoms with E-state index in [0.717, 1.165) is 23.9 Å². The molecule has 2 rings (SSSR count). The Morgan fingerprint density at radius 3 is 2.73 bits per heavy atom. The van der Waals surface area contributed by atoms with Gasteiger partial charge in [-0.3, -0.25) is 9.98 Å². The summed E-state index contributed by atoms with van der Waals surface area (Å²) in [5.74, 6) is -1.12. The molecule has 0 aliphatic rings. The van der Waals surface area contributed by atoms with Crippen molar-refractivity contribution < 1.29 is 8.78 Å². The van der Waals surface area contributed by atoms with Gasteiger partial charge in [-0.2, -0.15) is 0 Å². The summed E-state index contributed by atoms with van der Waals surface area (Å²) in [7, 11) is 0. The van der Waals surface area contributed by atoms with E-state index in [1.54, 1.807) is 6.20 Å². The summed E-state index contributed by atoms with van der Waals surface area (Å²) in [4.78, 5) is 8.49. The molecule has 0 unspecified atom stereocenters. The van der Waals surface area contributed by atoms with Gasteiger partial charge in [0, 0.05) is 23.4 Å². The number of aliphatic imine (C=N–C) groups is 1. The zero-order chi connectivity index (χ0) is 16.2. The third-order valence-corrected chi connectivity index (χ3v) is 3.19. The standard InChI is InChI=1S/C16H18F2N4/c1-16(2,14-5-3-4-8-20-14)10-21-15(19)22-13-9-11(17)6-7-12(13)18/h3-9H,10H2,1-2H3,(H3,19,21,22). The summed E-state index contributed by atoms with van der Waals surface area (Å²) < 4.78 is 26.6. The fourth-order valence-electron chi connectivity index (χ4n) is 1.90. The maximum absolute atomic E-state index is 13.5. The van der Waals surface area contributed by atoms with Crippen molar-refractivity contribution in [3.05, 3.63) is 59.9 Å². The number of aromatic nitrogens is 1. The highest BCUT2D eigenvalue weighted by atomic mass is 19.1. The summed E-state index contributed by atoms with van der Waals surface area (Å²) in [6.45, 7) is 4.32. The van der Waals surface area contributed by atoms with Gasteiger partial charge >= 0.3 is 0 Å². The van der Waals surface area contributed by atoms with Crippen LogP contribution in [0.5, 0.6) is 0 Å². The zero-order valence-electron chi connectivity index (χ0n) is 12.5. The van der Waals surface area contributed by atoms with E-state index >= 15 is 0 Å². The Hall–Kier alpha value is -2.50. The van der Waals surface area contributed by atoms with Gasteiger partial charge in [-0.25, -0.2) is 8.78 Å². The number of nitrogens with one attached hydrogen (secondary N) is 1. The number of hydrogen-bond acceptors (Lipinski definition) is 2. The van der Waals surface area contributed by atoms with E-state index < -0.39 is 11.6 Å². The fourth-order valence-corrected chi connectivity index (χ4v) is 1.90. The van der Waals surface area contributed by atoms with Crippen LogP contribution in [-0.2, 0) is 5.41 Å². The molecule has 0 aliphatic heterocycles. The Morgan fingerprint density at radius 1 is 1.27 bits per heavy atom. The van der Waals surface area contributed by atoms with Gasteiger partial charge in [0.15, 0.2) is 5.96 Å². The molecular formula is C16H18F2N4. The van der Waals surface area contributed by atoms with Gasteiger partial charge in [-0.1, -0.05) is 19.9 Å². The Morgan fingerprint density at radius 2 is 2.05 bits per heavy atom. The lowest BCUT2D eigenvalue weighted by atomic mass is 9.89. The van der Waals surface area contributed by atoms with E-state index in [2.05, 4.69) is 15.3 Å². The van der Waals surface area contributed by atoms with Crippen molar-refractivity contribution in [2.45, 2.75) is 19.3 Å². The van der Waals surface area contributed by atoms with E-state index in [1.807, 2.05) is 32.0 Å². The largest absolute Gasteiger partial charge is 0.370 e. The first-order valence-electron chi connectivity index (χ1n) is 6.82. The molecule has 6 heteroatoms. The molecule has 0 amide bonds. The van der Waals surface area contributed by atoms with E-state index in [4.69, 9.17) is 5.73 Å². The van der Waals surface area contributed by atoms with Crippen LogP contribution in [0.3, 0.4) is 0 Å². The van der Waals surface area contributed by atoms with E-state index in [1.165, 1.54) is 0 Å². The molecule has 0 bridgehead atoms. The highest BCUT2D eigenvalue weighted by Gasteiger charge is 2.21. The average Bonchev–Trinajstić information content (AvgIpc) is 2.50. The van der Waals surface area contributed by atoms with Crippen molar-refractivity contribution >= 4 is 11.6 Å². The van der Waals surface area contributed by atoms with Crippen molar-refractivity contribution in [1.82, 2.24) is 4.98 Å². The molecule has 0 spiro atoms. The van der Waals surface area contributed by atoms with Gasteiger partial charge in [-0.15, -0.1) is 0 Å². The normalized spacial score (nSPS) is 12.3. The van der Waals surface area contributed by atoms with Crippen molar-refractivity contribution in [2.75, 3.05) is 11.9 Å². The van der Waals surface area contributed by atoms with Crippen LogP contribution in [-0.4, -0.2) is 17.5 Å². The maximum Gasteiger partial charge on any atom is 0.193 e. The van der Waals surface area contributed by atoms with Gasteiger partial charge in [-0.05, 0) is 24.3 Å². The molecule has 0 radical (unpaired) electrons. The van der Waals surface area contributed by atoms with E-state index in [9.17, 15) is 8.78 Å². The third-order valence-electron chi connectivity index (χ3n) is 3.19. The number of hydrogen-bond donors (Lipinski definition) is 2. The number of nitrogens with two attached hydrogens (primary N) is 1. The minimum Gasteiger partial charge on any atom is -0.370 e. The lowest BCUT2D eigenvalue weighted by Crippen LogP contribution is -2.28. The second-order valence-corrected chi connectivity index (χ2v) is 5.55. The minimum atomic E-state index is -0.594. The molecule has 0 aliphatic carbocycles. The molecule has 22 heavy (non-hydrogen) atoms. The van der Waals surface area contributed by atoms with Gasteiger partial charge in [0.25, 0.3) is 0 Å². The van der Waals surface area contributed by atoms with Crippen LogP contribution in [0.1, 0.15) is 19.5 Å². The molecule has 116 valence electrons. The van der Waals surface area contributed by atoms with Gasteiger partial charge in [0.1, 0.15) is 11.6 Å². The van der Waals surface area contributed by atoms with Crippen LogP contribution in [0, 0.1) is 11.6 Å². The predicted octanol–water partition coefficient (Wildman–Crippen LogP) is 3.06. The summed E-state index contributed by atoms with van der Waals surface area (Å²) in [6.07, 6.45) is 1.71. The minimum absolute atomic E-state index is 0.0218. The Bertz CT molecular complexity index is 669. The SMILES string of the molecule is CC(C)(CN=C(N)Nc1cc(F)ccc1F)c1ccccn1. The number of pyridine rings is 1. The summed E-state index contributed by atoms with van der Waals surface area (Å²) in [5.41, 5.74) is 6.25. The predicted molar refractivity (Wildman–Crippen MR) is 83.7 cm³/mol. The Balaban J connectivity index is 2.08. The quantitative estimate of drug-likeness (QED) is 0.674. The smallest absolute Gasteiger partial charge is 0.193 e. The first-order valence-corrected chi connectivity index (χ1v) is 6.82. The zero-order valence-corrected chi connectivity index (χ0v) is 12.5. The van der Waals surface area contributed by atoms with Crippen LogP contribution in [0.15, 0.2) is 47.6 Å². The molecule has 4 nitrogen and oxygen atoms in total. The van der Waals surface area contributed by atoms with Gasteiger partial charge < -0.3 is 11.1 Å². The van der Waals surface area contributed by atoms with E-state index in [0.29, 0.717) is 6.54 Å². The van der Waals surface area contributed by atoms with Crippen molar-refractivity contribution in [3.63, 3.8) is 0 Å². The average molecular weight is 304 g/mol. The Labute approximate surface area is 128 Å². The topological polar surface area (TPSA) is 63.3 Å². The fraction of sp³-hybridized carbons (Fsp3) is 0.250. The lowest BCUT2D eigenvalue weighted by Gasteiger charge is -2.21.